The lowest BCUT2D eigenvalue weighted by atomic mass is 9.82. The van der Waals surface area contributed by atoms with Crippen molar-refractivity contribution in [2.24, 2.45) is 10.6 Å². The molecule has 0 aliphatic carbocycles. The van der Waals surface area contributed by atoms with Gasteiger partial charge in [-0.2, -0.15) is 0 Å². The molecular weight excluding hydrogens is 315 g/mol. The van der Waals surface area contributed by atoms with Gasteiger partial charge >= 0.3 is 5.97 Å². The van der Waals surface area contributed by atoms with Gasteiger partial charge < -0.3 is 15.3 Å². The Morgan fingerprint density at radius 2 is 2.12 bits per heavy atom. The van der Waals surface area contributed by atoms with Gasteiger partial charge in [0.05, 0.1) is 11.1 Å². The Bertz CT molecular complexity index is 656. The molecule has 0 saturated carbocycles. The van der Waals surface area contributed by atoms with E-state index in [9.17, 15) is 19.1 Å². The number of nitrogens with one attached hydrogen (secondary N) is 1. The second-order valence-corrected chi connectivity index (χ2v) is 5.86. The fraction of sp³-hybridized carbons (Fsp3) is 0.471. The lowest BCUT2D eigenvalue weighted by Gasteiger charge is -2.27. The van der Waals surface area contributed by atoms with E-state index in [1.54, 1.807) is 26.0 Å². The van der Waals surface area contributed by atoms with Crippen molar-refractivity contribution in [2.75, 3.05) is 6.54 Å². The molecule has 1 aliphatic heterocycles. The molecule has 0 saturated heterocycles. The molecule has 2 rings (SSSR count). The number of benzene rings is 1. The maximum absolute atomic E-state index is 13.3. The molecule has 0 spiro atoms. The monoisotopic (exact) mass is 336 g/mol. The van der Waals surface area contributed by atoms with Gasteiger partial charge in [-0.15, -0.1) is 0 Å². The van der Waals surface area contributed by atoms with Gasteiger partial charge in [0.1, 0.15) is 5.82 Å². The summed E-state index contributed by atoms with van der Waals surface area (Å²) in [6.07, 6.45) is 0.211. The highest BCUT2D eigenvalue weighted by Crippen LogP contribution is 2.26. The number of carboxylic acids is 1. The van der Waals surface area contributed by atoms with E-state index in [2.05, 4.69) is 10.5 Å². The van der Waals surface area contributed by atoms with Crippen LogP contribution in [-0.2, 0) is 14.4 Å². The molecule has 1 heterocycles. The van der Waals surface area contributed by atoms with Crippen LogP contribution in [0.15, 0.2) is 29.4 Å². The smallest absolute Gasteiger partial charge is 0.311 e. The van der Waals surface area contributed by atoms with Crippen LogP contribution in [-0.4, -0.2) is 35.3 Å². The van der Waals surface area contributed by atoms with Crippen molar-refractivity contribution in [3.8, 4) is 0 Å². The fourth-order valence-corrected chi connectivity index (χ4v) is 2.60. The van der Waals surface area contributed by atoms with E-state index in [0.29, 0.717) is 24.1 Å². The Kier molecular flexibility index (Phi) is 5.54. The molecule has 0 fully saturated rings. The van der Waals surface area contributed by atoms with Gasteiger partial charge in [-0.1, -0.05) is 31.1 Å². The molecular formula is C17H21FN2O4. The Labute approximate surface area is 139 Å². The first-order valence-electron chi connectivity index (χ1n) is 7.91. The molecule has 2 N–H and O–H groups in total. The van der Waals surface area contributed by atoms with Gasteiger partial charge in [0, 0.05) is 18.5 Å². The molecule has 1 atom stereocenters. The molecule has 0 radical (unpaired) electrons. The standard InChI is InChI=1S/C17H21FN2O4/c1-3-17(4-2,16(22)23)10-19-15(21)14-9-13(20-24-14)11-6-5-7-12(18)8-11/h5-8,14H,3-4,9-10H2,1-2H3,(H,19,21)(H,22,23). The lowest BCUT2D eigenvalue weighted by molar-refractivity contribution is -0.149. The van der Waals surface area contributed by atoms with E-state index < -0.39 is 23.4 Å². The van der Waals surface area contributed by atoms with Crippen LogP contribution in [0.2, 0.25) is 0 Å². The molecule has 1 aromatic carbocycles. The Balaban J connectivity index is 1.95. The van der Waals surface area contributed by atoms with Crippen LogP contribution in [0.25, 0.3) is 0 Å². The van der Waals surface area contributed by atoms with Crippen LogP contribution in [0, 0.1) is 11.2 Å². The van der Waals surface area contributed by atoms with Crippen LogP contribution in [0.4, 0.5) is 4.39 Å². The average Bonchev–Trinajstić information content (AvgIpc) is 3.06. The number of hydrogen-bond acceptors (Lipinski definition) is 4. The molecule has 1 amide bonds. The first-order valence-corrected chi connectivity index (χ1v) is 7.91. The second-order valence-electron chi connectivity index (χ2n) is 5.86. The topological polar surface area (TPSA) is 88.0 Å². The van der Waals surface area contributed by atoms with Gasteiger partial charge in [-0.05, 0) is 25.0 Å². The Hall–Kier alpha value is -2.44. The largest absolute Gasteiger partial charge is 0.481 e. The fourth-order valence-electron chi connectivity index (χ4n) is 2.60. The number of hydrogen-bond donors (Lipinski definition) is 2. The van der Waals surface area contributed by atoms with Gasteiger partial charge in [0.2, 0.25) is 6.10 Å². The SMILES string of the molecule is CCC(CC)(CNC(=O)C1CC(c2cccc(F)c2)=NO1)C(=O)O. The van der Waals surface area contributed by atoms with E-state index in [-0.39, 0.29) is 18.8 Å². The molecule has 1 aromatic rings. The van der Waals surface area contributed by atoms with Crippen molar-refractivity contribution >= 4 is 17.6 Å². The molecule has 1 aliphatic rings. The van der Waals surface area contributed by atoms with Gasteiger partial charge in [0.15, 0.2) is 0 Å². The molecule has 0 bridgehead atoms. The first-order chi connectivity index (χ1) is 11.4. The number of carboxylic acid groups (broad SMARTS) is 1. The molecule has 0 aromatic heterocycles. The van der Waals surface area contributed by atoms with Gasteiger partial charge in [0.25, 0.3) is 5.91 Å². The maximum Gasteiger partial charge on any atom is 0.311 e. The van der Waals surface area contributed by atoms with E-state index in [1.807, 2.05) is 0 Å². The number of halogens is 1. The summed E-state index contributed by atoms with van der Waals surface area (Å²) in [5, 5.41) is 15.9. The van der Waals surface area contributed by atoms with Crippen LogP contribution >= 0.6 is 0 Å². The minimum absolute atomic E-state index is 0.0311. The third-order valence-corrected chi connectivity index (χ3v) is 4.53. The highest BCUT2D eigenvalue weighted by atomic mass is 19.1. The summed E-state index contributed by atoms with van der Waals surface area (Å²) >= 11 is 0. The van der Waals surface area contributed by atoms with E-state index in [1.165, 1.54) is 12.1 Å². The number of oxime groups is 1. The van der Waals surface area contributed by atoms with Crippen LogP contribution in [0.1, 0.15) is 38.7 Å². The minimum atomic E-state index is -0.986. The molecule has 6 nitrogen and oxygen atoms in total. The number of carbonyl (C=O) groups is 2. The third kappa shape index (κ3) is 3.72. The van der Waals surface area contributed by atoms with Crippen molar-refractivity contribution in [2.45, 2.75) is 39.2 Å². The van der Waals surface area contributed by atoms with Crippen LogP contribution in [0.5, 0.6) is 0 Å². The summed E-state index contributed by atoms with van der Waals surface area (Å²) in [4.78, 5) is 28.8. The molecule has 24 heavy (non-hydrogen) atoms. The predicted molar refractivity (Wildman–Crippen MR) is 86.1 cm³/mol. The lowest BCUT2D eigenvalue weighted by Crippen LogP contribution is -2.45. The van der Waals surface area contributed by atoms with Crippen LogP contribution in [0.3, 0.4) is 0 Å². The number of aliphatic carboxylic acids is 1. The summed E-state index contributed by atoms with van der Waals surface area (Å²) < 4.78 is 13.3. The third-order valence-electron chi connectivity index (χ3n) is 4.53. The first kappa shape index (κ1) is 17.9. The highest BCUT2D eigenvalue weighted by molar-refractivity contribution is 6.04. The zero-order valence-electron chi connectivity index (χ0n) is 13.7. The number of rotatable bonds is 7. The van der Waals surface area contributed by atoms with Crippen molar-refractivity contribution in [1.82, 2.24) is 5.32 Å². The predicted octanol–water partition coefficient (Wildman–Crippen LogP) is 2.33. The van der Waals surface area contributed by atoms with Crippen molar-refractivity contribution in [3.63, 3.8) is 0 Å². The zero-order chi connectivity index (χ0) is 17.7. The Morgan fingerprint density at radius 3 is 2.71 bits per heavy atom. The zero-order valence-corrected chi connectivity index (χ0v) is 13.7. The highest BCUT2D eigenvalue weighted by Gasteiger charge is 2.37. The van der Waals surface area contributed by atoms with Gasteiger partial charge in [-0.3, -0.25) is 9.59 Å². The summed E-state index contributed by atoms with van der Waals surface area (Å²) in [5.41, 5.74) is 0.0676. The van der Waals surface area contributed by atoms with Gasteiger partial charge in [-0.25, -0.2) is 4.39 Å². The maximum atomic E-state index is 13.3. The van der Waals surface area contributed by atoms with E-state index in [0.717, 1.165) is 0 Å². The van der Waals surface area contributed by atoms with E-state index >= 15 is 0 Å². The van der Waals surface area contributed by atoms with Crippen molar-refractivity contribution in [1.29, 1.82) is 0 Å². The summed E-state index contributed by atoms with van der Waals surface area (Å²) in [6, 6.07) is 5.90. The normalized spacial score (nSPS) is 17.1. The quantitative estimate of drug-likeness (QED) is 0.800. The molecule has 1 unspecified atom stereocenters. The molecule has 130 valence electrons. The number of carbonyl (C=O) groups excluding carboxylic acids is 1. The summed E-state index contributed by atoms with van der Waals surface area (Å²) in [7, 11) is 0. The minimum Gasteiger partial charge on any atom is -0.481 e. The number of amides is 1. The second kappa shape index (κ2) is 7.42. The van der Waals surface area contributed by atoms with Crippen molar-refractivity contribution < 1.29 is 23.9 Å². The number of nitrogens with zero attached hydrogens (tertiary/aromatic N) is 1. The Morgan fingerprint density at radius 1 is 1.42 bits per heavy atom. The van der Waals surface area contributed by atoms with Crippen LogP contribution < -0.4 is 5.32 Å². The average molecular weight is 336 g/mol. The molecule has 7 heteroatoms. The van der Waals surface area contributed by atoms with E-state index in [4.69, 9.17) is 4.84 Å². The van der Waals surface area contributed by atoms with Crippen molar-refractivity contribution in [3.05, 3.63) is 35.6 Å². The summed E-state index contributed by atoms with van der Waals surface area (Å²) in [5.74, 6) is -1.74. The summed E-state index contributed by atoms with van der Waals surface area (Å²) in [6.45, 7) is 3.59.